The molecule has 0 amide bonds. The number of hydrogen-bond acceptors (Lipinski definition) is 3. The van der Waals surface area contributed by atoms with Gasteiger partial charge in [-0.1, -0.05) is 42.5 Å². The first kappa shape index (κ1) is 13.1. The van der Waals surface area contributed by atoms with Gasteiger partial charge in [-0.15, -0.1) is 0 Å². The van der Waals surface area contributed by atoms with Gasteiger partial charge in [0.25, 0.3) is 5.69 Å². The van der Waals surface area contributed by atoms with Crippen LogP contribution >= 0.6 is 0 Å². The molecule has 0 aliphatic carbocycles. The van der Waals surface area contributed by atoms with Crippen LogP contribution in [0.4, 0.5) is 5.69 Å². The van der Waals surface area contributed by atoms with E-state index in [9.17, 15) is 10.1 Å². The van der Waals surface area contributed by atoms with Gasteiger partial charge >= 0.3 is 0 Å². The van der Waals surface area contributed by atoms with Crippen LogP contribution in [0.2, 0.25) is 0 Å². The van der Waals surface area contributed by atoms with Gasteiger partial charge in [-0.25, -0.2) is 4.98 Å². The Morgan fingerprint density at radius 2 is 1.90 bits per heavy atom. The zero-order valence-electron chi connectivity index (χ0n) is 11.2. The van der Waals surface area contributed by atoms with Crippen LogP contribution in [-0.4, -0.2) is 14.5 Å². The summed E-state index contributed by atoms with van der Waals surface area (Å²) in [6.45, 7) is 0.557. The SMILES string of the molecule is O=[N+]([O-])c1cccc(Cn2cnc(-c3ccccc3)c2)c1. The fraction of sp³-hybridized carbons (Fsp3) is 0.0625. The Labute approximate surface area is 121 Å². The second kappa shape index (κ2) is 5.58. The molecular weight excluding hydrogens is 266 g/mol. The minimum absolute atomic E-state index is 0.107. The summed E-state index contributed by atoms with van der Waals surface area (Å²) in [7, 11) is 0. The van der Waals surface area contributed by atoms with E-state index in [0.717, 1.165) is 16.8 Å². The summed E-state index contributed by atoms with van der Waals surface area (Å²) in [6.07, 6.45) is 3.68. The number of non-ortho nitro benzene ring substituents is 1. The molecule has 0 fully saturated rings. The van der Waals surface area contributed by atoms with E-state index in [4.69, 9.17) is 0 Å². The predicted molar refractivity (Wildman–Crippen MR) is 79.9 cm³/mol. The largest absolute Gasteiger partial charge is 0.332 e. The van der Waals surface area contributed by atoms with Crippen LogP contribution in [0.15, 0.2) is 67.1 Å². The Hall–Kier alpha value is -2.95. The van der Waals surface area contributed by atoms with Crippen molar-refractivity contribution in [2.45, 2.75) is 6.54 Å². The predicted octanol–water partition coefficient (Wildman–Crippen LogP) is 3.51. The smallest absolute Gasteiger partial charge is 0.269 e. The minimum Gasteiger partial charge on any atom is -0.332 e. The average molecular weight is 279 g/mol. The van der Waals surface area contributed by atoms with Gasteiger partial charge in [0.2, 0.25) is 0 Å². The molecule has 0 bridgehead atoms. The third kappa shape index (κ3) is 2.97. The van der Waals surface area contributed by atoms with Gasteiger partial charge in [-0.2, -0.15) is 0 Å². The Bertz CT molecular complexity index is 766. The topological polar surface area (TPSA) is 61.0 Å². The maximum absolute atomic E-state index is 10.8. The number of nitro groups is 1. The Morgan fingerprint density at radius 1 is 1.10 bits per heavy atom. The second-order valence-corrected chi connectivity index (χ2v) is 4.72. The lowest BCUT2D eigenvalue weighted by atomic mass is 10.2. The van der Waals surface area contributed by atoms with Gasteiger partial charge < -0.3 is 4.57 Å². The molecule has 0 N–H and O–H groups in total. The van der Waals surface area contributed by atoms with Crippen LogP contribution in [0.1, 0.15) is 5.56 Å². The summed E-state index contributed by atoms with van der Waals surface area (Å²) in [5, 5.41) is 10.8. The molecule has 5 nitrogen and oxygen atoms in total. The number of benzene rings is 2. The number of nitro benzene ring substituents is 1. The summed E-state index contributed by atoms with van der Waals surface area (Å²) >= 11 is 0. The first-order valence-corrected chi connectivity index (χ1v) is 6.53. The molecular formula is C16H13N3O2. The van der Waals surface area contributed by atoms with Crippen LogP contribution in [0.25, 0.3) is 11.3 Å². The third-order valence-electron chi connectivity index (χ3n) is 3.19. The number of imidazole rings is 1. The monoisotopic (exact) mass is 279 g/mol. The standard InChI is InChI=1S/C16H13N3O2/c20-19(21)15-8-4-5-13(9-15)10-18-11-16(17-12-18)14-6-2-1-3-7-14/h1-9,11-12H,10H2. The molecule has 2 aromatic carbocycles. The fourth-order valence-corrected chi connectivity index (χ4v) is 2.18. The van der Waals surface area contributed by atoms with Crippen molar-refractivity contribution in [1.82, 2.24) is 9.55 Å². The normalized spacial score (nSPS) is 10.5. The molecule has 0 spiro atoms. The molecule has 0 aliphatic rings. The Kier molecular flexibility index (Phi) is 3.47. The van der Waals surface area contributed by atoms with Crippen LogP contribution in [-0.2, 0) is 6.54 Å². The third-order valence-corrected chi connectivity index (χ3v) is 3.19. The molecule has 0 unspecified atom stereocenters. The van der Waals surface area contributed by atoms with E-state index in [1.54, 1.807) is 18.5 Å². The van der Waals surface area contributed by atoms with E-state index < -0.39 is 0 Å². The molecule has 0 saturated heterocycles. The van der Waals surface area contributed by atoms with Gasteiger partial charge in [0, 0.05) is 30.4 Å². The van der Waals surface area contributed by atoms with Crippen LogP contribution < -0.4 is 0 Å². The molecule has 5 heteroatoms. The summed E-state index contributed by atoms with van der Waals surface area (Å²) in [6, 6.07) is 16.5. The van der Waals surface area contributed by atoms with Gasteiger partial charge in [-0.05, 0) is 5.56 Å². The molecule has 0 radical (unpaired) electrons. The van der Waals surface area contributed by atoms with Gasteiger partial charge in [0.15, 0.2) is 0 Å². The van der Waals surface area contributed by atoms with Gasteiger partial charge in [0.1, 0.15) is 0 Å². The quantitative estimate of drug-likeness (QED) is 0.542. The summed E-state index contributed by atoms with van der Waals surface area (Å²) in [4.78, 5) is 14.8. The van der Waals surface area contributed by atoms with E-state index in [1.165, 1.54) is 6.07 Å². The highest BCUT2D eigenvalue weighted by Gasteiger charge is 2.07. The van der Waals surface area contributed by atoms with Crippen molar-refractivity contribution in [3.05, 3.63) is 82.8 Å². The lowest BCUT2D eigenvalue weighted by Crippen LogP contribution is -1.97. The summed E-state index contributed by atoms with van der Waals surface area (Å²) in [5.74, 6) is 0. The molecule has 21 heavy (non-hydrogen) atoms. The highest BCUT2D eigenvalue weighted by Crippen LogP contribution is 2.18. The average Bonchev–Trinajstić information content (AvgIpc) is 2.97. The minimum atomic E-state index is -0.382. The molecule has 3 aromatic rings. The van der Waals surface area contributed by atoms with Crippen molar-refractivity contribution in [3.63, 3.8) is 0 Å². The lowest BCUT2D eigenvalue weighted by Gasteiger charge is -2.02. The van der Waals surface area contributed by atoms with E-state index in [-0.39, 0.29) is 10.6 Å². The first-order chi connectivity index (χ1) is 10.2. The molecule has 1 heterocycles. The number of hydrogen-bond donors (Lipinski definition) is 0. The zero-order valence-corrected chi connectivity index (χ0v) is 11.2. The first-order valence-electron chi connectivity index (χ1n) is 6.53. The maximum atomic E-state index is 10.8. The second-order valence-electron chi connectivity index (χ2n) is 4.72. The van der Waals surface area contributed by atoms with E-state index in [2.05, 4.69) is 4.98 Å². The fourth-order valence-electron chi connectivity index (χ4n) is 2.18. The van der Waals surface area contributed by atoms with Gasteiger partial charge in [0.05, 0.1) is 16.9 Å². The molecule has 0 atom stereocenters. The summed E-state index contributed by atoms with van der Waals surface area (Å²) < 4.78 is 1.92. The molecule has 104 valence electrons. The molecule has 0 saturated carbocycles. The van der Waals surface area contributed by atoms with E-state index >= 15 is 0 Å². The molecule has 3 rings (SSSR count). The zero-order chi connectivity index (χ0) is 14.7. The van der Waals surface area contributed by atoms with E-state index in [1.807, 2.05) is 47.2 Å². The molecule has 1 aromatic heterocycles. The lowest BCUT2D eigenvalue weighted by molar-refractivity contribution is -0.384. The highest BCUT2D eigenvalue weighted by atomic mass is 16.6. The van der Waals surface area contributed by atoms with Crippen molar-refractivity contribution >= 4 is 5.69 Å². The van der Waals surface area contributed by atoms with Crippen molar-refractivity contribution in [2.75, 3.05) is 0 Å². The highest BCUT2D eigenvalue weighted by molar-refractivity contribution is 5.57. The van der Waals surface area contributed by atoms with Crippen LogP contribution in [0, 0.1) is 10.1 Å². The maximum Gasteiger partial charge on any atom is 0.269 e. The Morgan fingerprint density at radius 3 is 2.67 bits per heavy atom. The Balaban J connectivity index is 1.82. The molecule has 0 aliphatic heterocycles. The van der Waals surface area contributed by atoms with Crippen molar-refractivity contribution in [1.29, 1.82) is 0 Å². The van der Waals surface area contributed by atoms with Gasteiger partial charge in [-0.3, -0.25) is 10.1 Å². The number of rotatable bonds is 4. The van der Waals surface area contributed by atoms with Crippen molar-refractivity contribution in [2.24, 2.45) is 0 Å². The van der Waals surface area contributed by atoms with Crippen LogP contribution in [0.5, 0.6) is 0 Å². The van der Waals surface area contributed by atoms with Crippen molar-refractivity contribution < 1.29 is 4.92 Å². The number of aromatic nitrogens is 2. The van der Waals surface area contributed by atoms with Crippen molar-refractivity contribution in [3.8, 4) is 11.3 Å². The summed E-state index contributed by atoms with van der Waals surface area (Å²) in [5.41, 5.74) is 2.92. The van der Waals surface area contributed by atoms with Crippen LogP contribution in [0.3, 0.4) is 0 Å². The van der Waals surface area contributed by atoms with E-state index in [0.29, 0.717) is 6.54 Å². The number of nitrogens with zero attached hydrogens (tertiary/aromatic N) is 3.